The minimum Gasteiger partial charge on any atom is -0.465 e. The van der Waals surface area contributed by atoms with Gasteiger partial charge in [0.05, 0.1) is 12.8 Å². The molecule has 110 valence electrons. The molecule has 1 aromatic rings. The Morgan fingerprint density at radius 2 is 2.30 bits per heavy atom. The summed E-state index contributed by atoms with van der Waals surface area (Å²) < 4.78 is 4.77. The Balaban J connectivity index is 1.64. The number of hydrogen-bond donors (Lipinski definition) is 1. The van der Waals surface area contributed by atoms with Crippen LogP contribution in [0.3, 0.4) is 0 Å². The standard InChI is InChI=1S/C14H21N3O2S/c1-9-12(13(18)19-2)20-14(15-9)16-10-5-7-17-6-3-4-11(17)8-10/h10-11H,3-8H2,1-2H3,(H,15,16). The number of nitrogens with zero attached hydrogens (tertiary/aromatic N) is 2. The molecule has 2 aliphatic rings. The van der Waals surface area contributed by atoms with Gasteiger partial charge in [0.2, 0.25) is 0 Å². The number of piperidine rings is 1. The summed E-state index contributed by atoms with van der Waals surface area (Å²) in [6.45, 7) is 4.30. The third-order valence-corrected chi connectivity index (χ3v) is 5.38. The first-order valence-corrected chi connectivity index (χ1v) is 8.05. The van der Waals surface area contributed by atoms with Gasteiger partial charge in [-0.1, -0.05) is 11.3 Å². The van der Waals surface area contributed by atoms with Gasteiger partial charge in [-0.15, -0.1) is 0 Å². The number of rotatable bonds is 3. The van der Waals surface area contributed by atoms with E-state index in [1.165, 1.54) is 50.8 Å². The minimum atomic E-state index is -0.293. The largest absolute Gasteiger partial charge is 0.465 e. The lowest BCUT2D eigenvalue weighted by Gasteiger charge is -2.35. The average molecular weight is 295 g/mol. The molecule has 0 spiro atoms. The molecule has 0 aliphatic carbocycles. The smallest absolute Gasteiger partial charge is 0.350 e. The number of carbonyl (C=O) groups excluding carboxylic acids is 1. The molecule has 0 amide bonds. The van der Waals surface area contributed by atoms with Crippen molar-refractivity contribution in [1.29, 1.82) is 0 Å². The first-order chi connectivity index (χ1) is 9.67. The lowest BCUT2D eigenvalue weighted by atomic mass is 9.98. The van der Waals surface area contributed by atoms with Crippen LogP contribution in [0.25, 0.3) is 0 Å². The molecule has 2 saturated heterocycles. The van der Waals surface area contributed by atoms with Crippen molar-refractivity contribution in [3.8, 4) is 0 Å². The molecule has 3 rings (SSSR count). The molecule has 1 aromatic heterocycles. The van der Waals surface area contributed by atoms with E-state index in [1.54, 1.807) is 0 Å². The van der Waals surface area contributed by atoms with E-state index in [-0.39, 0.29) is 5.97 Å². The maximum absolute atomic E-state index is 11.6. The fourth-order valence-electron chi connectivity index (χ4n) is 3.27. The van der Waals surface area contributed by atoms with Crippen LogP contribution < -0.4 is 5.32 Å². The molecule has 1 N–H and O–H groups in total. The van der Waals surface area contributed by atoms with Gasteiger partial charge in [-0.3, -0.25) is 0 Å². The van der Waals surface area contributed by atoms with Gasteiger partial charge >= 0.3 is 5.97 Å². The molecule has 2 unspecified atom stereocenters. The zero-order valence-corrected chi connectivity index (χ0v) is 12.8. The molecule has 0 saturated carbocycles. The first-order valence-electron chi connectivity index (χ1n) is 7.23. The zero-order valence-electron chi connectivity index (χ0n) is 12.0. The highest BCUT2D eigenvalue weighted by atomic mass is 32.1. The highest BCUT2D eigenvalue weighted by Crippen LogP contribution is 2.30. The lowest BCUT2D eigenvalue weighted by Crippen LogP contribution is -2.42. The van der Waals surface area contributed by atoms with Gasteiger partial charge in [-0.05, 0) is 39.2 Å². The SMILES string of the molecule is COC(=O)c1sc(NC2CCN3CCCC3C2)nc1C. The zero-order chi connectivity index (χ0) is 14.1. The highest BCUT2D eigenvalue weighted by molar-refractivity contribution is 7.17. The Bertz CT molecular complexity index is 503. The summed E-state index contributed by atoms with van der Waals surface area (Å²) in [5, 5.41) is 4.35. The number of aryl methyl sites for hydroxylation is 1. The van der Waals surface area contributed by atoms with Crippen LogP contribution in [-0.4, -0.2) is 48.1 Å². The molecule has 0 bridgehead atoms. The quantitative estimate of drug-likeness (QED) is 0.867. The normalized spacial score (nSPS) is 26.3. The van der Waals surface area contributed by atoms with Crippen molar-refractivity contribution < 1.29 is 9.53 Å². The van der Waals surface area contributed by atoms with Crippen molar-refractivity contribution >= 4 is 22.4 Å². The van der Waals surface area contributed by atoms with Crippen LogP contribution in [0.2, 0.25) is 0 Å². The van der Waals surface area contributed by atoms with Crippen molar-refractivity contribution in [3.63, 3.8) is 0 Å². The number of thiazole rings is 1. The summed E-state index contributed by atoms with van der Waals surface area (Å²) in [5.41, 5.74) is 0.752. The van der Waals surface area contributed by atoms with Crippen LogP contribution in [0.15, 0.2) is 0 Å². The third kappa shape index (κ3) is 2.67. The van der Waals surface area contributed by atoms with Crippen LogP contribution in [-0.2, 0) is 4.74 Å². The molecule has 2 aliphatic heterocycles. The topological polar surface area (TPSA) is 54.5 Å². The maximum atomic E-state index is 11.6. The van der Waals surface area contributed by atoms with Gasteiger partial charge in [-0.25, -0.2) is 9.78 Å². The Kier molecular flexibility index (Phi) is 3.94. The predicted molar refractivity (Wildman–Crippen MR) is 79.4 cm³/mol. The molecule has 0 aromatic carbocycles. The summed E-state index contributed by atoms with van der Waals surface area (Å²) >= 11 is 1.40. The summed E-state index contributed by atoms with van der Waals surface area (Å²) in [5.74, 6) is -0.293. The van der Waals surface area contributed by atoms with Crippen molar-refractivity contribution in [3.05, 3.63) is 10.6 Å². The summed E-state index contributed by atoms with van der Waals surface area (Å²) in [4.78, 5) is 19.3. The molecule has 3 heterocycles. The minimum absolute atomic E-state index is 0.293. The number of methoxy groups -OCH3 is 1. The summed E-state index contributed by atoms with van der Waals surface area (Å²) in [6, 6.07) is 1.22. The first kappa shape index (κ1) is 13.8. The molecule has 6 heteroatoms. The number of esters is 1. The van der Waals surface area contributed by atoms with E-state index in [4.69, 9.17) is 4.74 Å². The summed E-state index contributed by atoms with van der Waals surface area (Å²) in [6.07, 6.45) is 5.00. The molecular formula is C14H21N3O2S. The Hall–Kier alpha value is -1.14. The maximum Gasteiger partial charge on any atom is 0.350 e. The van der Waals surface area contributed by atoms with E-state index < -0.39 is 0 Å². The molecular weight excluding hydrogens is 274 g/mol. The van der Waals surface area contributed by atoms with Crippen LogP contribution in [0, 0.1) is 6.92 Å². The van der Waals surface area contributed by atoms with Crippen LogP contribution >= 0.6 is 11.3 Å². The number of fused-ring (bicyclic) bond motifs is 1. The molecule has 2 fully saturated rings. The van der Waals surface area contributed by atoms with Crippen LogP contribution in [0.5, 0.6) is 0 Å². The van der Waals surface area contributed by atoms with Gasteiger partial charge in [0.15, 0.2) is 5.13 Å². The van der Waals surface area contributed by atoms with E-state index >= 15 is 0 Å². The monoisotopic (exact) mass is 295 g/mol. The van der Waals surface area contributed by atoms with Crippen LogP contribution in [0.1, 0.15) is 41.0 Å². The van der Waals surface area contributed by atoms with E-state index in [9.17, 15) is 4.79 Å². The Morgan fingerprint density at radius 1 is 1.45 bits per heavy atom. The van der Waals surface area contributed by atoms with E-state index in [0.29, 0.717) is 10.9 Å². The fourth-order valence-corrected chi connectivity index (χ4v) is 4.23. The number of anilines is 1. The Morgan fingerprint density at radius 3 is 3.10 bits per heavy atom. The number of aromatic nitrogens is 1. The van der Waals surface area contributed by atoms with Gasteiger partial charge in [0.1, 0.15) is 4.88 Å². The fraction of sp³-hybridized carbons (Fsp3) is 0.714. The van der Waals surface area contributed by atoms with E-state index in [2.05, 4.69) is 15.2 Å². The van der Waals surface area contributed by atoms with Gasteiger partial charge < -0.3 is 15.0 Å². The third-order valence-electron chi connectivity index (χ3n) is 4.32. The number of ether oxygens (including phenoxy) is 1. The second-order valence-corrected chi connectivity index (χ2v) is 6.62. The lowest BCUT2D eigenvalue weighted by molar-refractivity contribution is 0.0605. The summed E-state index contributed by atoms with van der Waals surface area (Å²) in [7, 11) is 1.41. The van der Waals surface area contributed by atoms with Crippen LogP contribution in [0.4, 0.5) is 5.13 Å². The predicted octanol–water partition coefficient (Wildman–Crippen LogP) is 2.28. The average Bonchev–Trinajstić information content (AvgIpc) is 3.04. The highest BCUT2D eigenvalue weighted by Gasteiger charge is 2.32. The second-order valence-electron chi connectivity index (χ2n) is 5.62. The van der Waals surface area contributed by atoms with Crippen molar-refractivity contribution in [2.24, 2.45) is 0 Å². The molecule has 0 radical (unpaired) electrons. The van der Waals surface area contributed by atoms with Crippen molar-refractivity contribution in [2.45, 2.75) is 44.7 Å². The van der Waals surface area contributed by atoms with Crippen molar-refractivity contribution in [2.75, 3.05) is 25.5 Å². The van der Waals surface area contributed by atoms with E-state index in [0.717, 1.165) is 23.3 Å². The van der Waals surface area contributed by atoms with Crippen molar-refractivity contribution in [1.82, 2.24) is 9.88 Å². The molecule has 5 nitrogen and oxygen atoms in total. The second kappa shape index (κ2) is 5.69. The van der Waals surface area contributed by atoms with Gasteiger partial charge in [-0.2, -0.15) is 0 Å². The number of nitrogens with one attached hydrogen (secondary N) is 1. The molecule has 20 heavy (non-hydrogen) atoms. The number of hydrogen-bond acceptors (Lipinski definition) is 6. The molecule has 2 atom stereocenters. The van der Waals surface area contributed by atoms with Gasteiger partial charge in [0, 0.05) is 18.6 Å². The van der Waals surface area contributed by atoms with Gasteiger partial charge in [0.25, 0.3) is 0 Å². The number of carbonyl (C=O) groups is 1. The Labute approximate surface area is 123 Å². The van der Waals surface area contributed by atoms with E-state index in [1.807, 2.05) is 6.92 Å².